The number of thioether (sulfide) groups is 1. The lowest BCUT2D eigenvalue weighted by molar-refractivity contribution is -0.113. The Labute approximate surface area is 189 Å². The van der Waals surface area contributed by atoms with Crippen molar-refractivity contribution in [1.29, 1.82) is 0 Å². The van der Waals surface area contributed by atoms with E-state index in [2.05, 4.69) is 10.3 Å². The van der Waals surface area contributed by atoms with Gasteiger partial charge in [0.25, 0.3) is 5.56 Å². The molecule has 166 valence electrons. The number of aromatic hydroxyl groups is 1. The van der Waals surface area contributed by atoms with Crippen LogP contribution in [0.1, 0.15) is 16.7 Å². The van der Waals surface area contributed by atoms with Gasteiger partial charge >= 0.3 is 5.69 Å². The van der Waals surface area contributed by atoms with E-state index in [1.807, 2.05) is 38.1 Å². The van der Waals surface area contributed by atoms with Gasteiger partial charge in [0.2, 0.25) is 11.8 Å². The normalized spacial score (nSPS) is 11.4. The van der Waals surface area contributed by atoms with Crippen molar-refractivity contribution in [2.75, 3.05) is 11.1 Å². The summed E-state index contributed by atoms with van der Waals surface area (Å²) in [7, 11) is 2.68. The highest BCUT2D eigenvalue weighted by Crippen LogP contribution is 2.23. The number of anilines is 1. The summed E-state index contributed by atoms with van der Waals surface area (Å²) in [6.07, 6.45) is 0. The molecule has 0 fully saturated rings. The van der Waals surface area contributed by atoms with Gasteiger partial charge in [-0.25, -0.2) is 9.79 Å². The maximum Gasteiger partial charge on any atom is 0.333 e. The lowest BCUT2D eigenvalue weighted by Gasteiger charge is -2.13. The zero-order valence-corrected chi connectivity index (χ0v) is 19.1. The first kappa shape index (κ1) is 23.1. The van der Waals surface area contributed by atoms with Crippen molar-refractivity contribution in [2.45, 2.75) is 13.8 Å². The first-order valence-corrected chi connectivity index (χ1v) is 10.8. The number of hydrogen-bond acceptors (Lipinski definition) is 6. The summed E-state index contributed by atoms with van der Waals surface area (Å²) >= 11 is 1.01. The third-order valence-electron chi connectivity index (χ3n) is 4.83. The zero-order chi connectivity index (χ0) is 23.4. The Hall–Kier alpha value is -3.59. The smallest absolute Gasteiger partial charge is 0.333 e. The molecule has 8 nitrogen and oxygen atoms in total. The average Bonchev–Trinajstić information content (AvgIpc) is 2.77. The number of nitrogens with zero attached hydrogens (tertiary/aromatic N) is 3. The van der Waals surface area contributed by atoms with E-state index in [1.165, 1.54) is 14.1 Å². The van der Waals surface area contributed by atoms with E-state index in [1.54, 1.807) is 24.3 Å². The highest BCUT2D eigenvalue weighted by molar-refractivity contribution is 8.15. The lowest BCUT2D eigenvalue weighted by Crippen LogP contribution is -2.39. The number of carbonyl (C=O) groups is 1. The van der Waals surface area contributed by atoms with Gasteiger partial charge in [0.15, 0.2) is 0 Å². The third kappa shape index (κ3) is 5.00. The van der Waals surface area contributed by atoms with Gasteiger partial charge in [-0.2, -0.15) is 0 Å². The number of rotatable bonds is 5. The highest BCUT2D eigenvalue weighted by Gasteiger charge is 2.22. The largest absolute Gasteiger partial charge is 0.494 e. The lowest BCUT2D eigenvalue weighted by atomic mass is 10.1. The molecule has 1 aromatic heterocycles. The zero-order valence-electron chi connectivity index (χ0n) is 18.2. The van der Waals surface area contributed by atoms with Crippen LogP contribution in [0.2, 0.25) is 0 Å². The summed E-state index contributed by atoms with van der Waals surface area (Å²) in [5.74, 6) is -0.844. The monoisotopic (exact) mass is 452 g/mol. The number of benzene rings is 2. The second kappa shape index (κ2) is 9.69. The van der Waals surface area contributed by atoms with Gasteiger partial charge in [0.1, 0.15) is 10.6 Å². The Morgan fingerprint density at radius 3 is 2.41 bits per heavy atom. The molecular weight excluding hydrogens is 428 g/mol. The number of aliphatic imine (C=N–C) groups is 1. The van der Waals surface area contributed by atoms with Gasteiger partial charge in [-0.15, -0.1) is 0 Å². The van der Waals surface area contributed by atoms with Crippen LogP contribution in [0.25, 0.3) is 0 Å². The van der Waals surface area contributed by atoms with Gasteiger partial charge in [0.05, 0.1) is 11.4 Å². The Balaban J connectivity index is 1.95. The number of carbonyl (C=O) groups excluding carboxylic acids is 1. The summed E-state index contributed by atoms with van der Waals surface area (Å²) in [6, 6.07) is 14.6. The molecule has 0 radical (unpaired) electrons. The molecule has 0 spiro atoms. The predicted molar refractivity (Wildman–Crippen MR) is 128 cm³/mol. The molecule has 0 aliphatic carbocycles. The molecule has 0 atom stereocenters. The standard InChI is InChI=1S/C23H24N4O4S/c1-14-10-11-17(15(2)12-14)25-18(28)13-32-20(24-16-8-6-5-7-9-16)19-21(29)26(3)23(31)27(4)22(19)30/h5-12,29H,13H2,1-4H3,(H,25,28). The van der Waals surface area contributed by atoms with E-state index in [9.17, 15) is 19.5 Å². The van der Waals surface area contributed by atoms with Crippen LogP contribution in [0.3, 0.4) is 0 Å². The van der Waals surface area contributed by atoms with Gasteiger partial charge in [-0.05, 0) is 37.6 Å². The Kier molecular flexibility index (Phi) is 6.99. The molecule has 1 heterocycles. The van der Waals surface area contributed by atoms with Gasteiger partial charge in [-0.3, -0.25) is 18.7 Å². The van der Waals surface area contributed by atoms with Crippen LogP contribution >= 0.6 is 11.8 Å². The Bertz CT molecular complexity index is 1310. The molecular formula is C23H24N4O4S. The van der Waals surface area contributed by atoms with E-state index in [0.717, 1.165) is 32.0 Å². The number of amides is 1. The Morgan fingerprint density at radius 2 is 1.75 bits per heavy atom. The molecule has 2 aromatic carbocycles. The first-order valence-electron chi connectivity index (χ1n) is 9.82. The van der Waals surface area contributed by atoms with Crippen molar-refractivity contribution in [3.8, 4) is 5.88 Å². The van der Waals surface area contributed by atoms with Crippen LogP contribution in [-0.4, -0.2) is 30.9 Å². The molecule has 1 amide bonds. The highest BCUT2D eigenvalue weighted by atomic mass is 32.2. The number of aromatic nitrogens is 2. The fourth-order valence-electron chi connectivity index (χ4n) is 3.07. The molecule has 9 heteroatoms. The molecule has 0 bridgehead atoms. The SMILES string of the molecule is Cc1ccc(NC(=O)CSC(=Nc2ccccc2)c2c(O)n(C)c(=O)n(C)c2=O)c(C)c1. The summed E-state index contributed by atoms with van der Waals surface area (Å²) in [5, 5.41) is 13.5. The van der Waals surface area contributed by atoms with Gasteiger partial charge in [0, 0.05) is 19.8 Å². The quantitative estimate of drug-likeness (QED) is 0.457. The van der Waals surface area contributed by atoms with E-state index in [0.29, 0.717) is 11.4 Å². The number of aryl methyl sites for hydroxylation is 2. The van der Waals surface area contributed by atoms with Crippen LogP contribution in [0.5, 0.6) is 5.88 Å². The molecule has 2 N–H and O–H groups in total. The van der Waals surface area contributed by atoms with Crippen molar-refractivity contribution in [3.05, 3.63) is 86.1 Å². The van der Waals surface area contributed by atoms with Crippen molar-refractivity contribution in [1.82, 2.24) is 9.13 Å². The fraction of sp³-hybridized carbons (Fsp3) is 0.217. The third-order valence-corrected chi connectivity index (χ3v) is 5.81. The van der Waals surface area contributed by atoms with Gasteiger partial charge < -0.3 is 10.4 Å². The second-order valence-corrected chi connectivity index (χ2v) is 8.28. The predicted octanol–water partition coefficient (Wildman–Crippen LogP) is 2.86. The van der Waals surface area contributed by atoms with Crippen molar-refractivity contribution in [2.24, 2.45) is 19.1 Å². The molecule has 0 saturated heterocycles. The van der Waals surface area contributed by atoms with Crippen LogP contribution in [0.4, 0.5) is 11.4 Å². The minimum Gasteiger partial charge on any atom is -0.494 e. The van der Waals surface area contributed by atoms with Crippen LogP contribution in [-0.2, 0) is 18.9 Å². The van der Waals surface area contributed by atoms with Crippen LogP contribution in [0.15, 0.2) is 63.1 Å². The summed E-state index contributed by atoms with van der Waals surface area (Å²) in [4.78, 5) is 42.0. The second-order valence-electron chi connectivity index (χ2n) is 7.31. The van der Waals surface area contributed by atoms with Crippen molar-refractivity contribution < 1.29 is 9.90 Å². The van der Waals surface area contributed by atoms with E-state index in [4.69, 9.17) is 0 Å². The molecule has 0 unspecified atom stereocenters. The van der Waals surface area contributed by atoms with Crippen molar-refractivity contribution in [3.63, 3.8) is 0 Å². The molecule has 0 aliphatic rings. The maximum absolute atomic E-state index is 12.8. The molecule has 0 saturated carbocycles. The van der Waals surface area contributed by atoms with E-state index >= 15 is 0 Å². The Morgan fingerprint density at radius 1 is 1.06 bits per heavy atom. The van der Waals surface area contributed by atoms with Crippen LogP contribution < -0.4 is 16.6 Å². The maximum atomic E-state index is 12.8. The first-order chi connectivity index (χ1) is 15.2. The van der Waals surface area contributed by atoms with Crippen LogP contribution in [0, 0.1) is 13.8 Å². The average molecular weight is 453 g/mol. The molecule has 0 aliphatic heterocycles. The molecule has 3 rings (SSSR count). The van der Waals surface area contributed by atoms with E-state index < -0.39 is 17.1 Å². The molecule has 32 heavy (non-hydrogen) atoms. The summed E-state index contributed by atoms with van der Waals surface area (Å²) in [6.45, 7) is 3.88. The van der Waals surface area contributed by atoms with Crippen molar-refractivity contribution >= 4 is 34.1 Å². The summed E-state index contributed by atoms with van der Waals surface area (Å²) in [5.41, 5.74) is 1.78. The summed E-state index contributed by atoms with van der Waals surface area (Å²) < 4.78 is 1.86. The fourth-order valence-corrected chi connectivity index (χ4v) is 3.91. The molecule has 3 aromatic rings. The topological polar surface area (TPSA) is 106 Å². The van der Waals surface area contributed by atoms with Gasteiger partial charge in [-0.1, -0.05) is 47.7 Å². The number of para-hydroxylation sites is 1. The minimum absolute atomic E-state index is 0.0512. The minimum atomic E-state index is -0.692. The number of hydrogen-bond donors (Lipinski definition) is 2. The number of nitrogens with one attached hydrogen (secondary N) is 1. The van der Waals surface area contributed by atoms with E-state index in [-0.39, 0.29) is 22.3 Å².